The zero-order valence-electron chi connectivity index (χ0n) is 14.1. The number of ether oxygens (including phenoxy) is 2. The first-order valence-corrected chi connectivity index (χ1v) is 7.65. The van der Waals surface area contributed by atoms with E-state index in [1.54, 1.807) is 12.0 Å². The van der Waals surface area contributed by atoms with Crippen LogP contribution in [0.3, 0.4) is 0 Å². The van der Waals surface area contributed by atoms with Crippen LogP contribution in [0, 0.1) is 5.41 Å². The molecule has 2 rings (SSSR count). The number of benzene rings is 1. The molecule has 0 radical (unpaired) electrons. The van der Waals surface area contributed by atoms with Crippen LogP contribution in [0.5, 0.6) is 5.75 Å². The summed E-state index contributed by atoms with van der Waals surface area (Å²) in [6.45, 7) is 6.39. The van der Waals surface area contributed by atoms with Crippen LogP contribution in [0.25, 0.3) is 0 Å². The third-order valence-electron chi connectivity index (χ3n) is 3.69. The van der Waals surface area contributed by atoms with Crippen molar-refractivity contribution in [2.75, 3.05) is 31.7 Å². The summed E-state index contributed by atoms with van der Waals surface area (Å²) >= 11 is 0. The summed E-state index contributed by atoms with van der Waals surface area (Å²) in [4.78, 5) is 25.7. The number of rotatable bonds is 4. The van der Waals surface area contributed by atoms with Crippen molar-refractivity contribution < 1.29 is 19.1 Å². The highest BCUT2D eigenvalue weighted by Gasteiger charge is 2.29. The van der Waals surface area contributed by atoms with Crippen LogP contribution in [0.4, 0.5) is 5.69 Å². The number of morpholine rings is 1. The van der Waals surface area contributed by atoms with Crippen molar-refractivity contribution >= 4 is 17.5 Å². The molecule has 6 nitrogen and oxygen atoms in total. The monoisotopic (exact) mass is 320 g/mol. The molecule has 1 aromatic rings. The van der Waals surface area contributed by atoms with Crippen molar-refractivity contribution in [2.24, 2.45) is 5.41 Å². The van der Waals surface area contributed by atoms with Crippen LogP contribution >= 0.6 is 0 Å². The molecule has 6 heteroatoms. The zero-order chi connectivity index (χ0) is 17.0. The van der Waals surface area contributed by atoms with Gasteiger partial charge in [0.2, 0.25) is 5.91 Å². The van der Waals surface area contributed by atoms with Gasteiger partial charge in [-0.25, -0.2) is 0 Å². The van der Waals surface area contributed by atoms with E-state index in [0.717, 1.165) is 11.4 Å². The normalized spacial score (nSPS) is 18.7. The third kappa shape index (κ3) is 4.45. The minimum absolute atomic E-state index is 0.0160. The molecule has 1 fully saturated rings. The van der Waals surface area contributed by atoms with Crippen LogP contribution in [0.2, 0.25) is 0 Å². The largest absolute Gasteiger partial charge is 0.497 e. The molecule has 1 heterocycles. The Hall–Kier alpha value is -2.08. The molecule has 1 unspecified atom stereocenters. The minimum atomic E-state index is -0.444. The lowest BCUT2D eigenvalue weighted by Crippen LogP contribution is -2.51. The van der Waals surface area contributed by atoms with E-state index in [1.165, 1.54) is 0 Å². The lowest BCUT2D eigenvalue weighted by molar-refractivity contribution is -0.131. The Labute approximate surface area is 136 Å². The second kappa shape index (κ2) is 7.00. The van der Waals surface area contributed by atoms with Crippen LogP contribution in [0.15, 0.2) is 24.3 Å². The number of nitrogens with zero attached hydrogens (tertiary/aromatic N) is 1. The molecule has 1 N–H and O–H groups in total. The van der Waals surface area contributed by atoms with E-state index in [-0.39, 0.29) is 24.5 Å². The highest BCUT2D eigenvalue weighted by molar-refractivity contribution is 5.95. The predicted octanol–water partition coefficient (Wildman–Crippen LogP) is 1.59. The zero-order valence-corrected chi connectivity index (χ0v) is 14.1. The fourth-order valence-corrected chi connectivity index (χ4v) is 2.23. The van der Waals surface area contributed by atoms with Crippen molar-refractivity contribution in [3.63, 3.8) is 0 Å². The third-order valence-corrected chi connectivity index (χ3v) is 3.69. The number of anilines is 1. The van der Waals surface area contributed by atoms with Crippen LogP contribution < -0.4 is 15.0 Å². The summed E-state index contributed by atoms with van der Waals surface area (Å²) in [5.74, 6) is 0.617. The van der Waals surface area contributed by atoms with Gasteiger partial charge < -0.3 is 19.7 Å². The molecule has 23 heavy (non-hydrogen) atoms. The van der Waals surface area contributed by atoms with Crippen molar-refractivity contribution in [3.05, 3.63) is 24.3 Å². The van der Waals surface area contributed by atoms with Crippen molar-refractivity contribution in [1.29, 1.82) is 0 Å². The van der Waals surface area contributed by atoms with E-state index in [0.29, 0.717) is 13.1 Å². The summed E-state index contributed by atoms with van der Waals surface area (Å²) < 4.78 is 10.6. The average Bonchev–Trinajstić information content (AvgIpc) is 2.53. The van der Waals surface area contributed by atoms with Gasteiger partial charge in [0.15, 0.2) is 0 Å². The van der Waals surface area contributed by atoms with Gasteiger partial charge in [-0.3, -0.25) is 9.59 Å². The second-order valence-electron chi connectivity index (χ2n) is 6.60. The van der Waals surface area contributed by atoms with E-state index in [2.05, 4.69) is 5.32 Å². The lowest BCUT2D eigenvalue weighted by atomic mass is 9.95. The van der Waals surface area contributed by atoms with Crippen molar-refractivity contribution in [2.45, 2.75) is 26.9 Å². The Bertz CT molecular complexity index is 563. The number of nitrogens with one attached hydrogen (secondary N) is 1. The molecular weight excluding hydrogens is 296 g/mol. The molecule has 0 spiro atoms. The van der Waals surface area contributed by atoms with E-state index < -0.39 is 5.41 Å². The molecule has 2 amide bonds. The molecule has 0 aromatic heterocycles. The van der Waals surface area contributed by atoms with E-state index >= 15 is 0 Å². The Morgan fingerprint density at radius 1 is 1.35 bits per heavy atom. The molecule has 126 valence electrons. The maximum Gasteiger partial charge on any atom is 0.253 e. The van der Waals surface area contributed by atoms with Gasteiger partial charge in [-0.15, -0.1) is 0 Å². The number of amides is 2. The summed E-state index contributed by atoms with van der Waals surface area (Å²) in [6, 6.07) is 7.31. The van der Waals surface area contributed by atoms with Crippen LogP contribution in [-0.4, -0.2) is 44.7 Å². The number of carbonyl (C=O) groups excluding carboxylic acids is 2. The van der Waals surface area contributed by atoms with E-state index in [9.17, 15) is 9.59 Å². The number of hydrogen-bond acceptors (Lipinski definition) is 4. The molecule has 1 aliphatic rings. The first-order chi connectivity index (χ1) is 10.8. The molecule has 0 saturated carbocycles. The molecule has 0 bridgehead atoms. The summed E-state index contributed by atoms with van der Waals surface area (Å²) in [5, 5.41) is 2.88. The summed E-state index contributed by atoms with van der Waals surface area (Å²) in [6.07, 6.45) is -0.221. The van der Waals surface area contributed by atoms with Crippen molar-refractivity contribution in [3.8, 4) is 5.75 Å². The number of methoxy groups -OCH3 is 1. The molecule has 1 saturated heterocycles. The Morgan fingerprint density at radius 2 is 2.00 bits per heavy atom. The van der Waals surface area contributed by atoms with Gasteiger partial charge >= 0.3 is 0 Å². The van der Waals surface area contributed by atoms with Gasteiger partial charge in [0.05, 0.1) is 19.8 Å². The lowest BCUT2D eigenvalue weighted by Gasteiger charge is -2.33. The van der Waals surface area contributed by atoms with Crippen molar-refractivity contribution in [1.82, 2.24) is 5.32 Å². The number of carbonyl (C=O) groups is 2. The van der Waals surface area contributed by atoms with Gasteiger partial charge in [-0.05, 0) is 24.3 Å². The molecule has 1 aliphatic heterocycles. The average molecular weight is 320 g/mol. The second-order valence-corrected chi connectivity index (χ2v) is 6.60. The fraction of sp³-hybridized carbons (Fsp3) is 0.529. The van der Waals surface area contributed by atoms with Gasteiger partial charge in [0.25, 0.3) is 5.91 Å². The van der Waals surface area contributed by atoms with Gasteiger partial charge in [0, 0.05) is 17.6 Å². The van der Waals surface area contributed by atoms with Crippen LogP contribution in [0.1, 0.15) is 20.8 Å². The standard InChI is InChI=1S/C17H24N2O4/c1-17(2,3)16(21)18-9-14-10-19(15(20)11-23-14)12-5-7-13(22-4)8-6-12/h5-8,14H,9-11H2,1-4H3,(H,18,21). The fourth-order valence-electron chi connectivity index (χ4n) is 2.23. The molecule has 0 aliphatic carbocycles. The van der Waals surface area contributed by atoms with Gasteiger partial charge in [-0.1, -0.05) is 20.8 Å². The SMILES string of the molecule is COc1ccc(N2CC(CNC(=O)C(C)(C)C)OCC2=O)cc1. The van der Waals surface area contributed by atoms with E-state index in [4.69, 9.17) is 9.47 Å². The summed E-state index contributed by atoms with van der Waals surface area (Å²) in [7, 11) is 1.60. The van der Waals surface area contributed by atoms with E-state index in [1.807, 2.05) is 45.0 Å². The first-order valence-electron chi connectivity index (χ1n) is 7.65. The highest BCUT2D eigenvalue weighted by Crippen LogP contribution is 2.22. The maximum absolute atomic E-state index is 12.1. The quantitative estimate of drug-likeness (QED) is 0.915. The minimum Gasteiger partial charge on any atom is -0.497 e. The topological polar surface area (TPSA) is 67.9 Å². The predicted molar refractivity (Wildman–Crippen MR) is 87.6 cm³/mol. The number of hydrogen-bond donors (Lipinski definition) is 1. The first kappa shape index (κ1) is 17.3. The molecule has 1 atom stereocenters. The maximum atomic E-state index is 12.1. The molecular formula is C17H24N2O4. The van der Waals surface area contributed by atoms with Gasteiger partial charge in [0.1, 0.15) is 12.4 Å². The Morgan fingerprint density at radius 3 is 2.57 bits per heavy atom. The van der Waals surface area contributed by atoms with Gasteiger partial charge in [-0.2, -0.15) is 0 Å². The van der Waals surface area contributed by atoms with Crippen LogP contribution in [-0.2, 0) is 14.3 Å². The Kier molecular flexibility index (Phi) is 5.26. The molecule has 1 aromatic carbocycles. The summed E-state index contributed by atoms with van der Waals surface area (Å²) in [5.41, 5.74) is 0.353. The smallest absolute Gasteiger partial charge is 0.253 e. The highest BCUT2D eigenvalue weighted by atomic mass is 16.5. The Balaban J connectivity index is 1.98.